The van der Waals surface area contributed by atoms with Gasteiger partial charge in [0, 0.05) is 29.1 Å². The van der Waals surface area contributed by atoms with Gasteiger partial charge in [0.1, 0.15) is 5.69 Å². The normalized spacial score (nSPS) is 12.5. The average Bonchev–Trinajstić information content (AvgIpc) is 3.06. The smallest absolute Gasteiger partial charge is 0.354 e. The number of para-hydroxylation sites is 1. The van der Waals surface area contributed by atoms with Crippen LogP contribution in [-0.2, 0) is 17.8 Å². The molecule has 0 unspecified atom stereocenters. The van der Waals surface area contributed by atoms with Gasteiger partial charge < -0.3 is 14.2 Å². The van der Waals surface area contributed by atoms with Crippen molar-refractivity contribution in [3.8, 4) is 0 Å². The van der Waals surface area contributed by atoms with E-state index in [1.165, 1.54) is 18.2 Å². The number of hydrogen-bond donors (Lipinski definition) is 0. The number of carbonyl (C=O) groups excluding carboxylic acids is 2. The summed E-state index contributed by atoms with van der Waals surface area (Å²) in [4.78, 5) is 38.1. The highest BCUT2D eigenvalue weighted by Gasteiger charge is 2.28. The van der Waals surface area contributed by atoms with E-state index in [0.29, 0.717) is 23.4 Å². The maximum Gasteiger partial charge on any atom is 0.354 e. The highest BCUT2D eigenvalue weighted by atomic mass is 16.6. The van der Waals surface area contributed by atoms with Crippen LogP contribution in [0.3, 0.4) is 0 Å². The van der Waals surface area contributed by atoms with Crippen molar-refractivity contribution in [3.63, 3.8) is 0 Å². The molecule has 0 N–H and O–H groups in total. The highest BCUT2D eigenvalue weighted by molar-refractivity contribution is 6.07. The molecule has 0 spiro atoms. The number of nitro benzene ring substituents is 1. The van der Waals surface area contributed by atoms with Crippen molar-refractivity contribution in [2.75, 3.05) is 11.5 Å². The number of nitrogens with zero attached hydrogens (tertiary/aromatic N) is 3. The van der Waals surface area contributed by atoms with Crippen LogP contribution in [0.4, 0.5) is 11.4 Å². The first-order chi connectivity index (χ1) is 14.9. The van der Waals surface area contributed by atoms with Gasteiger partial charge in [-0.05, 0) is 49.2 Å². The maximum atomic E-state index is 13.5. The summed E-state index contributed by atoms with van der Waals surface area (Å²) in [5.41, 5.74) is 3.73. The van der Waals surface area contributed by atoms with E-state index >= 15 is 0 Å². The van der Waals surface area contributed by atoms with E-state index in [1.807, 2.05) is 34.9 Å². The lowest BCUT2D eigenvalue weighted by atomic mass is 10.1. The Labute approximate surface area is 178 Å². The topological polar surface area (TPSA) is 94.7 Å². The van der Waals surface area contributed by atoms with Gasteiger partial charge in [0.05, 0.1) is 24.6 Å². The number of ether oxygens (including phenoxy) is 1. The number of anilines is 1. The van der Waals surface area contributed by atoms with Crippen LogP contribution in [-0.4, -0.2) is 28.0 Å². The Kier molecular flexibility index (Phi) is 5.29. The van der Waals surface area contributed by atoms with Crippen LogP contribution in [0.25, 0.3) is 0 Å². The van der Waals surface area contributed by atoms with E-state index in [1.54, 1.807) is 24.8 Å². The van der Waals surface area contributed by atoms with Gasteiger partial charge in [0.2, 0.25) is 0 Å². The predicted octanol–water partition coefficient (Wildman–Crippen LogP) is 4.09. The molecule has 31 heavy (non-hydrogen) atoms. The summed E-state index contributed by atoms with van der Waals surface area (Å²) in [5.74, 6) is -0.663. The molecule has 8 heteroatoms. The predicted molar refractivity (Wildman–Crippen MR) is 114 cm³/mol. The summed E-state index contributed by atoms with van der Waals surface area (Å²) < 4.78 is 7.04. The van der Waals surface area contributed by atoms with Crippen LogP contribution in [0, 0.1) is 17.0 Å². The molecule has 1 aliphatic heterocycles. The number of benzene rings is 2. The lowest BCUT2D eigenvalue weighted by Gasteiger charge is -2.23. The Morgan fingerprint density at radius 2 is 1.87 bits per heavy atom. The second kappa shape index (κ2) is 8.06. The van der Waals surface area contributed by atoms with E-state index in [-0.39, 0.29) is 24.7 Å². The third kappa shape index (κ3) is 3.68. The van der Waals surface area contributed by atoms with E-state index < -0.39 is 10.9 Å². The van der Waals surface area contributed by atoms with Crippen molar-refractivity contribution < 1.29 is 19.2 Å². The number of non-ortho nitro benzene ring substituents is 1. The number of rotatable bonds is 4. The number of amides is 1. The minimum absolute atomic E-state index is 0.0572. The van der Waals surface area contributed by atoms with Crippen LogP contribution in [0.2, 0.25) is 0 Å². The Morgan fingerprint density at radius 3 is 2.58 bits per heavy atom. The molecule has 2 aromatic carbocycles. The molecule has 0 saturated heterocycles. The number of esters is 1. The summed E-state index contributed by atoms with van der Waals surface area (Å²) in [6, 6.07) is 15.3. The molecule has 0 radical (unpaired) electrons. The molecule has 4 rings (SSSR count). The van der Waals surface area contributed by atoms with Crippen LogP contribution >= 0.6 is 0 Å². The molecule has 3 aromatic rings. The van der Waals surface area contributed by atoms with E-state index in [2.05, 4.69) is 0 Å². The maximum absolute atomic E-state index is 13.5. The first-order valence-corrected chi connectivity index (χ1v) is 9.91. The SMILES string of the molecule is CCOC(=O)c1ccc2n1Cc1ccccc1N(C(=O)c1ccc([N+](=O)[O-])cc1C)C2. The van der Waals surface area contributed by atoms with Crippen molar-refractivity contribution in [3.05, 3.63) is 92.8 Å². The van der Waals surface area contributed by atoms with Gasteiger partial charge in [-0.25, -0.2) is 4.79 Å². The van der Waals surface area contributed by atoms with Gasteiger partial charge in [-0.15, -0.1) is 0 Å². The van der Waals surface area contributed by atoms with Gasteiger partial charge in [0.25, 0.3) is 11.6 Å². The second-order valence-corrected chi connectivity index (χ2v) is 7.29. The first-order valence-electron chi connectivity index (χ1n) is 9.91. The molecule has 1 aromatic heterocycles. The van der Waals surface area contributed by atoms with E-state index in [4.69, 9.17) is 4.74 Å². The second-order valence-electron chi connectivity index (χ2n) is 7.29. The molecule has 0 saturated carbocycles. The van der Waals surface area contributed by atoms with Crippen molar-refractivity contribution in [2.24, 2.45) is 0 Å². The monoisotopic (exact) mass is 419 g/mol. The number of aromatic nitrogens is 1. The number of carbonyl (C=O) groups is 2. The molecule has 0 fully saturated rings. The fraction of sp³-hybridized carbons (Fsp3) is 0.217. The van der Waals surface area contributed by atoms with Crippen molar-refractivity contribution in [1.82, 2.24) is 4.57 Å². The summed E-state index contributed by atoms with van der Waals surface area (Å²) in [6.07, 6.45) is 0. The van der Waals surface area contributed by atoms with Gasteiger partial charge in [0.15, 0.2) is 0 Å². The van der Waals surface area contributed by atoms with Gasteiger partial charge in [-0.2, -0.15) is 0 Å². The lowest BCUT2D eigenvalue weighted by Crippen LogP contribution is -2.31. The highest BCUT2D eigenvalue weighted by Crippen LogP contribution is 2.31. The van der Waals surface area contributed by atoms with Crippen LogP contribution in [0.1, 0.15) is 44.6 Å². The molecule has 0 bridgehead atoms. The number of fused-ring (bicyclic) bond motifs is 2. The fourth-order valence-corrected chi connectivity index (χ4v) is 3.87. The summed E-state index contributed by atoms with van der Waals surface area (Å²) in [5, 5.41) is 11.1. The van der Waals surface area contributed by atoms with Crippen LogP contribution < -0.4 is 4.90 Å². The zero-order valence-corrected chi connectivity index (χ0v) is 17.2. The molecule has 2 heterocycles. The molecular weight excluding hydrogens is 398 g/mol. The van der Waals surface area contributed by atoms with Gasteiger partial charge in [-0.3, -0.25) is 14.9 Å². The molecule has 8 nitrogen and oxygen atoms in total. The zero-order valence-electron chi connectivity index (χ0n) is 17.2. The van der Waals surface area contributed by atoms with Crippen LogP contribution in [0.5, 0.6) is 0 Å². The van der Waals surface area contributed by atoms with Crippen molar-refractivity contribution in [1.29, 1.82) is 0 Å². The van der Waals surface area contributed by atoms with Crippen molar-refractivity contribution >= 4 is 23.3 Å². The van der Waals surface area contributed by atoms with Gasteiger partial charge >= 0.3 is 5.97 Å². The van der Waals surface area contributed by atoms with Crippen molar-refractivity contribution in [2.45, 2.75) is 26.9 Å². The Morgan fingerprint density at radius 1 is 1.10 bits per heavy atom. The minimum Gasteiger partial charge on any atom is -0.461 e. The third-order valence-electron chi connectivity index (χ3n) is 5.38. The summed E-state index contributed by atoms with van der Waals surface area (Å²) >= 11 is 0. The number of hydrogen-bond acceptors (Lipinski definition) is 5. The van der Waals surface area contributed by atoms with E-state index in [0.717, 1.165) is 16.9 Å². The molecule has 0 atom stereocenters. The van der Waals surface area contributed by atoms with Gasteiger partial charge in [-0.1, -0.05) is 18.2 Å². The molecule has 1 amide bonds. The fourth-order valence-electron chi connectivity index (χ4n) is 3.87. The Hall–Kier alpha value is -3.94. The standard InChI is InChI=1S/C23H21N3O5/c1-3-31-23(28)21-11-9-18-14-25(20-7-5-4-6-16(20)13-24(18)21)22(27)19-10-8-17(26(29)30)12-15(19)2/h4-12H,3,13-14H2,1-2H3. The first kappa shape index (κ1) is 20.3. The number of aryl methyl sites for hydroxylation is 1. The van der Waals surface area contributed by atoms with Crippen LogP contribution in [0.15, 0.2) is 54.6 Å². The lowest BCUT2D eigenvalue weighted by molar-refractivity contribution is -0.384. The Bertz CT molecular complexity index is 1200. The Balaban J connectivity index is 1.78. The zero-order chi connectivity index (χ0) is 22.1. The summed E-state index contributed by atoms with van der Waals surface area (Å²) in [6.45, 7) is 4.40. The molecule has 1 aliphatic rings. The quantitative estimate of drug-likeness (QED) is 0.361. The number of nitro groups is 1. The largest absolute Gasteiger partial charge is 0.461 e. The summed E-state index contributed by atoms with van der Waals surface area (Å²) in [7, 11) is 0. The van der Waals surface area contributed by atoms with E-state index in [9.17, 15) is 19.7 Å². The molecule has 158 valence electrons. The third-order valence-corrected chi connectivity index (χ3v) is 5.38. The average molecular weight is 419 g/mol. The molecule has 0 aliphatic carbocycles. The minimum atomic E-state index is -0.480. The molecular formula is C23H21N3O5.